The van der Waals surface area contributed by atoms with E-state index >= 15 is 0 Å². The Hall–Kier alpha value is -3.68. The van der Waals surface area contributed by atoms with Gasteiger partial charge in [-0.1, -0.05) is 36.8 Å². The molecule has 0 saturated carbocycles. The summed E-state index contributed by atoms with van der Waals surface area (Å²) in [6.45, 7) is 6.08. The minimum atomic E-state index is -0.838. The second kappa shape index (κ2) is 11.4. The van der Waals surface area contributed by atoms with Gasteiger partial charge in [-0.05, 0) is 49.6 Å². The van der Waals surface area contributed by atoms with Crippen LogP contribution in [0.2, 0.25) is 0 Å². The Morgan fingerprint density at radius 1 is 1.07 bits per heavy atom. The van der Waals surface area contributed by atoms with Gasteiger partial charge >= 0.3 is 11.8 Å². The van der Waals surface area contributed by atoms with E-state index in [1.165, 1.54) is 6.21 Å². The number of hydrogen-bond donors (Lipinski definition) is 3. The summed E-state index contributed by atoms with van der Waals surface area (Å²) in [5, 5.41) is 9.04. The SMILES string of the molecule is CCCNC(=O)C(=O)N/N=C\c1cccc(OCC(=O)Nc2ccc(C)cc2C)c1. The topological polar surface area (TPSA) is 109 Å². The van der Waals surface area contributed by atoms with Crippen molar-refractivity contribution in [2.24, 2.45) is 5.10 Å². The number of rotatable bonds is 8. The molecule has 0 aliphatic heterocycles. The van der Waals surface area contributed by atoms with E-state index in [4.69, 9.17) is 4.74 Å². The van der Waals surface area contributed by atoms with Crippen LogP contribution in [0.4, 0.5) is 5.69 Å². The van der Waals surface area contributed by atoms with E-state index in [0.29, 0.717) is 17.9 Å². The first-order valence-electron chi connectivity index (χ1n) is 9.60. The molecule has 30 heavy (non-hydrogen) atoms. The highest BCUT2D eigenvalue weighted by Gasteiger charge is 2.11. The van der Waals surface area contributed by atoms with Gasteiger partial charge in [-0.15, -0.1) is 0 Å². The molecule has 2 aromatic rings. The first-order valence-corrected chi connectivity index (χ1v) is 9.60. The summed E-state index contributed by atoms with van der Waals surface area (Å²) in [4.78, 5) is 35.2. The van der Waals surface area contributed by atoms with Crippen molar-refractivity contribution in [1.82, 2.24) is 10.7 Å². The summed E-state index contributed by atoms with van der Waals surface area (Å²) >= 11 is 0. The maximum Gasteiger partial charge on any atom is 0.329 e. The van der Waals surface area contributed by atoms with Gasteiger partial charge in [-0.3, -0.25) is 14.4 Å². The second-order valence-electron chi connectivity index (χ2n) is 6.68. The normalized spacial score (nSPS) is 10.5. The smallest absolute Gasteiger partial charge is 0.329 e. The van der Waals surface area contributed by atoms with Crippen LogP contribution in [-0.2, 0) is 14.4 Å². The number of benzene rings is 2. The number of carbonyl (C=O) groups excluding carboxylic acids is 3. The van der Waals surface area contributed by atoms with Crippen LogP contribution in [-0.4, -0.2) is 37.1 Å². The number of hydrazone groups is 1. The number of aryl methyl sites for hydroxylation is 2. The van der Waals surface area contributed by atoms with Crippen LogP contribution in [0, 0.1) is 13.8 Å². The average Bonchev–Trinajstić information content (AvgIpc) is 2.72. The average molecular weight is 410 g/mol. The molecule has 0 aliphatic rings. The molecule has 0 unspecified atom stereocenters. The quantitative estimate of drug-likeness (QED) is 0.352. The van der Waals surface area contributed by atoms with Crippen molar-refractivity contribution >= 4 is 29.6 Å². The van der Waals surface area contributed by atoms with E-state index in [1.54, 1.807) is 24.3 Å². The number of carbonyl (C=O) groups is 3. The molecule has 158 valence electrons. The minimum absolute atomic E-state index is 0.151. The van der Waals surface area contributed by atoms with Crippen molar-refractivity contribution in [3.05, 3.63) is 59.2 Å². The summed E-state index contributed by atoms with van der Waals surface area (Å²) < 4.78 is 5.53. The van der Waals surface area contributed by atoms with Gasteiger partial charge in [0, 0.05) is 12.2 Å². The van der Waals surface area contributed by atoms with Crippen molar-refractivity contribution in [2.75, 3.05) is 18.5 Å². The molecule has 0 radical (unpaired) electrons. The molecule has 0 aromatic heterocycles. The Bertz CT molecular complexity index is 940. The molecule has 2 aromatic carbocycles. The fraction of sp³-hybridized carbons (Fsp3) is 0.273. The Kier molecular flexibility index (Phi) is 8.56. The third-order valence-corrected chi connectivity index (χ3v) is 4.01. The summed E-state index contributed by atoms with van der Waals surface area (Å²) in [5.74, 6) is -1.37. The Labute approximate surface area is 175 Å². The first-order chi connectivity index (χ1) is 14.4. The molecule has 0 aliphatic carbocycles. The predicted octanol–water partition coefficient (Wildman–Crippen LogP) is 2.30. The van der Waals surface area contributed by atoms with E-state index in [-0.39, 0.29) is 12.5 Å². The fourth-order valence-corrected chi connectivity index (χ4v) is 2.51. The summed E-state index contributed by atoms with van der Waals surface area (Å²) in [7, 11) is 0. The predicted molar refractivity (Wildman–Crippen MR) is 116 cm³/mol. The minimum Gasteiger partial charge on any atom is -0.484 e. The maximum atomic E-state index is 12.1. The van der Waals surface area contributed by atoms with Crippen LogP contribution >= 0.6 is 0 Å². The van der Waals surface area contributed by atoms with Gasteiger partial charge < -0.3 is 15.4 Å². The Morgan fingerprint density at radius 2 is 1.87 bits per heavy atom. The second-order valence-corrected chi connectivity index (χ2v) is 6.68. The lowest BCUT2D eigenvalue weighted by Crippen LogP contribution is -2.38. The number of amides is 3. The molecule has 0 atom stereocenters. The lowest BCUT2D eigenvalue weighted by Gasteiger charge is -2.10. The van der Waals surface area contributed by atoms with Crippen LogP contribution in [0.1, 0.15) is 30.0 Å². The molecule has 0 spiro atoms. The standard InChI is InChI=1S/C22H26N4O4/c1-4-10-23-21(28)22(29)26-24-13-17-6-5-7-18(12-17)30-14-20(27)25-19-9-8-15(2)11-16(19)3/h5-9,11-13H,4,10,14H2,1-3H3,(H,23,28)(H,25,27)(H,26,29)/b24-13-. The molecule has 0 bridgehead atoms. The largest absolute Gasteiger partial charge is 0.484 e. The molecule has 3 N–H and O–H groups in total. The summed E-state index contributed by atoms with van der Waals surface area (Å²) in [6.07, 6.45) is 2.12. The summed E-state index contributed by atoms with van der Waals surface area (Å²) in [6, 6.07) is 12.6. The van der Waals surface area contributed by atoms with Crippen molar-refractivity contribution in [1.29, 1.82) is 0 Å². The maximum absolute atomic E-state index is 12.1. The van der Waals surface area contributed by atoms with Gasteiger partial charge in [0.25, 0.3) is 5.91 Å². The van der Waals surface area contributed by atoms with E-state index in [1.807, 2.05) is 39.0 Å². The highest BCUT2D eigenvalue weighted by Crippen LogP contribution is 2.16. The zero-order chi connectivity index (χ0) is 21.9. The molecule has 2 rings (SSSR count). The van der Waals surface area contributed by atoms with Gasteiger partial charge in [-0.2, -0.15) is 5.10 Å². The monoisotopic (exact) mass is 410 g/mol. The van der Waals surface area contributed by atoms with Gasteiger partial charge in [0.15, 0.2) is 6.61 Å². The lowest BCUT2D eigenvalue weighted by atomic mass is 10.1. The first kappa shape index (κ1) is 22.6. The molecule has 8 heteroatoms. The van der Waals surface area contributed by atoms with Gasteiger partial charge in [-0.25, -0.2) is 5.43 Å². The molecular formula is C22H26N4O4. The summed E-state index contributed by atoms with van der Waals surface area (Å²) in [5.41, 5.74) is 5.64. The van der Waals surface area contributed by atoms with Crippen LogP contribution in [0.25, 0.3) is 0 Å². The van der Waals surface area contributed by atoms with E-state index < -0.39 is 11.8 Å². The zero-order valence-corrected chi connectivity index (χ0v) is 17.3. The third kappa shape index (κ3) is 7.38. The van der Waals surface area contributed by atoms with Crippen molar-refractivity contribution < 1.29 is 19.1 Å². The van der Waals surface area contributed by atoms with Crippen molar-refractivity contribution in [2.45, 2.75) is 27.2 Å². The van der Waals surface area contributed by atoms with Gasteiger partial charge in [0.2, 0.25) is 0 Å². The van der Waals surface area contributed by atoms with Crippen LogP contribution in [0.5, 0.6) is 5.75 Å². The highest BCUT2D eigenvalue weighted by atomic mass is 16.5. The number of ether oxygens (including phenoxy) is 1. The van der Waals surface area contributed by atoms with Gasteiger partial charge in [0.1, 0.15) is 5.75 Å². The number of anilines is 1. The Morgan fingerprint density at radius 3 is 2.60 bits per heavy atom. The lowest BCUT2D eigenvalue weighted by molar-refractivity contribution is -0.139. The van der Waals surface area contributed by atoms with E-state index in [9.17, 15) is 14.4 Å². The Balaban J connectivity index is 1.85. The number of nitrogens with zero attached hydrogens (tertiary/aromatic N) is 1. The highest BCUT2D eigenvalue weighted by molar-refractivity contribution is 6.35. The van der Waals surface area contributed by atoms with Crippen molar-refractivity contribution in [3.63, 3.8) is 0 Å². The number of hydrogen-bond acceptors (Lipinski definition) is 5. The van der Waals surface area contributed by atoms with E-state index in [2.05, 4.69) is 21.2 Å². The fourth-order valence-electron chi connectivity index (χ4n) is 2.51. The van der Waals surface area contributed by atoms with Crippen LogP contribution in [0.3, 0.4) is 0 Å². The number of nitrogens with one attached hydrogen (secondary N) is 3. The molecule has 8 nitrogen and oxygen atoms in total. The zero-order valence-electron chi connectivity index (χ0n) is 17.3. The molecule has 0 heterocycles. The molecule has 3 amide bonds. The molecule has 0 saturated heterocycles. The van der Waals surface area contributed by atoms with Crippen LogP contribution in [0.15, 0.2) is 47.6 Å². The van der Waals surface area contributed by atoms with Gasteiger partial charge in [0.05, 0.1) is 6.21 Å². The molecular weight excluding hydrogens is 384 g/mol. The van der Waals surface area contributed by atoms with Crippen LogP contribution < -0.4 is 20.8 Å². The third-order valence-electron chi connectivity index (χ3n) is 4.01. The molecule has 0 fully saturated rings. The van der Waals surface area contributed by atoms with E-state index in [0.717, 1.165) is 23.2 Å². The van der Waals surface area contributed by atoms with Crippen molar-refractivity contribution in [3.8, 4) is 5.75 Å².